The van der Waals surface area contributed by atoms with Gasteiger partial charge in [-0.3, -0.25) is 4.79 Å². The molecule has 29 heavy (non-hydrogen) atoms. The molecule has 0 saturated heterocycles. The van der Waals surface area contributed by atoms with Crippen LogP contribution < -0.4 is 14.9 Å². The Balaban J connectivity index is 1.72. The van der Waals surface area contributed by atoms with Crippen molar-refractivity contribution >= 4 is 46.7 Å². The van der Waals surface area contributed by atoms with E-state index in [2.05, 4.69) is 10.5 Å². The smallest absolute Gasteiger partial charge is 0.281 e. The molecule has 0 aliphatic carbocycles. The quantitative estimate of drug-likeness (QED) is 0.350. The molecule has 150 valence electrons. The zero-order chi connectivity index (χ0) is 20.6. The van der Waals surface area contributed by atoms with E-state index in [-0.39, 0.29) is 5.91 Å². The van der Waals surface area contributed by atoms with Crippen LogP contribution in [-0.2, 0) is 6.61 Å². The molecule has 0 spiro atoms. The number of hydrazone groups is 1. The largest absolute Gasteiger partial charge is 0.490 e. The van der Waals surface area contributed by atoms with Gasteiger partial charge in [-0.1, -0.05) is 41.4 Å². The van der Waals surface area contributed by atoms with Crippen LogP contribution in [0.25, 0.3) is 0 Å². The van der Waals surface area contributed by atoms with Crippen LogP contribution in [0.15, 0.2) is 59.0 Å². The Kier molecular flexibility index (Phi) is 7.52. The summed E-state index contributed by atoms with van der Waals surface area (Å²) in [5.74, 6) is 0.679. The van der Waals surface area contributed by atoms with E-state index in [4.69, 9.17) is 32.7 Å². The van der Waals surface area contributed by atoms with Crippen molar-refractivity contribution in [1.82, 2.24) is 5.43 Å². The van der Waals surface area contributed by atoms with Gasteiger partial charge >= 0.3 is 0 Å². The standard InChI is InChI=1S/C21H18Cl2N2O3S/c1-2-27-18-11-15(12-24-25-21(26)19-4-3-9-29-19)10-17(23)20(18)28-13-14-5-7-16(22)8-6-14/h3-12H,2,13H2,1H3,(H,25,26)/b24-12-. The van der Waals surface area contributed by atoms with Crippen molar-refractivity contribution in [3.63, 3.8) is 0 Å². The lowest BCUT2D eigenvalue weighted by molar-refractivity contribution is 0.0959. The number of nitrogens with one attached hydrogen (secondary N) is 1. The minimum Gasteiger partial charge on any atom is -0.490 e. The summed E-state index contributed by atoms with van der Waals surface area (Å²) in [6.07, 6.45) is 1.50. The van der Waals surface area contributed by atoms with Crippen LogP contribution in [0.4, 0.5) is 0 Å². The number of rotatable bonds is 8. The fourth-order valence-corrected chi connectivity index (χ4v) is 3.44. The molecule has 5 nitrogen and oxygen atoms in total. The molecule has 1 amide bonds. The van der Waals surface area contributed by atoms with Gasteiger partial charge in [-0.2, -0.15) is 5.10 Å². The first-order valence-electron chi connectivity index (χ1n) is 8.77. The highest BCUT2D eigenvalue weighted by molar-refractivity contribution is 7.12. The minimum atomic E-state index is -0.268. The molecule has 3 rings (SSSR count). The fraction of sp³-hybridized carbons (Fsp3) is 0.143. The summed E-state index contributed by atoms with van der Waals surface area (Å²) in [6.45, 7) is 2.64. The van der Waals surface area contributed by atoms with Crippen LogP contribution in [0.1, 0.15) is 27.7 Å². The van der Waals surface area contributed by atoms with E-state index >= 15 is 0 Å². The Morgan fingerprint density at radius 3 is 2.66 bits per heavy atom. The Labute approximate surface area is 182 Å². The summed E-state index contributed by atoms with van der Waals surface area (Å²) in [5.41, 5.74) is 4.11. The van der Waals surface area contributed by atoms with Gasteiger partial charge in [0.1, 0.15) is 6.61 Å². The van der Waals surface area contributed by atoms with Gasteiger partial charge < -0.3 is 9.47 Å². The number of benzene rings is 2. The van der Waals surface area contributed by atoms with E-state index in [0.29, 0.717) is 45.2 Å². The second-order valence-electron chi connectivity index (χ2n) is 5.85. The first-order valence-corrected chi connectivity index (χ1v) is 10.4. The van der Waals surface area contributed by atoms with E-state index < -0.39 is 0 Å². The molecule has 0 radical (unpaired) electrons. The van der Waals surface area contributed by atoms with Crippen LogP contribution in [0.5, 0.6) is 11.5 Å². The van der Waals surface area contributed by atoms with Crippen molar-refractivity contribution in [3.05, 3.63) is 80.0 Å². The van der Waals surface area contributed by atoms with Gasteiger partial charge in [0, 0.05) is 5.02 Å². The molecular formula is C21H18Cl2N2O3S. The Morgan fingerprint density at radius 1 is 1.17 bits per heavy atom. The van der Waals surface area contributed by atoms with Gasteiger partial charge in [0.15, 0.2) is 11.5 Å². The number of carbonyl (C=O) groups is 1. The number of ether oxygens (including phenoxy) is 2. The average Bonchev–Trinajstić information content (AvgIpc) is 3.24. The third-order valence-corrected chi connectivity index (χ3v) is 5.15. The van der Waals surface area contributed by atoms with Crippen molar-refractivity contribution < 1.29 is 14.3 Å². The van der Waals surface area contributed by atoms with E-state index in [1.807, 2.05) is 24.4 Å². The number of nitrogens with zero attached hydrogens (tertiary/aromatic N) is 1. The van der Waals surface area contributed by atoms with Gasteiger partial charge in [0.05, 0.1) is 22.7 Å². The molecule has 0 bridgehead atoms. The summed E-state index contributed by atoms with van der Waals surface area (Å²) in [6, 6.07) is 14.4. The summed E-state index contributed by atoms with van der Waals surface area (Å²) >= 11 is 13.7. The van der Waals surface area contributed by atoms with Gasteiger partial charge in [-0.15, -0.1) is 11.3 Å². The molecule has 0 aliphatic heterocycles. The molecule has 3 aromatic rings. The van der Waals surface area contributed by atoms with Crippen molar-refractivity contribution in [1.29, 1.82) is 0 Å². The normalized spacial score (nSPS) is 10.9. The third kappa shape index (κ3) is 5.97. The summed E-state index contributed by atoms with van der Waals surface area (Å²) in [7, 11) is 0. The zero-order valence-electron chi connectivity index (χ0n) is 15.5. The van der Waals surface area contributed by atoms with Crippen molar-refractivity contribution in [2.24, 2.45) is 5.10 Å². The van der Waals surface area contributed by atoms with Crippen LogP contribution in [0.2, 0.25) is 10.0 Å². The summed E-state index contributed by atoms with van der Waals surface area (Å²) in [5, 5.41) is 6.86. The summed E-state index contributed by atoms with van der Waals surface area (Å²) < 4.78 is 11.6. The maximum absolute atomic E-state index is 11.9. The Hall–Kier alpha value is -2.54. The lowest BCUT2D eigenvalue weighted by Gasteiger charge is -2.14. The van der Waals surface area contributed by atoms with Crippen molar-refractivity contribution in [2.75, 3.05) is 6.61 Å². The second kappa shape index (κ2) is 10.3. The number of halogens is 2. The Morgan fingerprint density at radius 2 is 1.97 bits per heavy atom. The first-order chi connectivity index (χ1) is 14.1. The topological polar surface area (TPSA) is 59.9 Å². The minimum absolute atomic E-state index is 0.268. The van der Waals surface area contributed by atoms with Crippen LogP contribution in [0.3, 0.4) is 0 Å². The van der Waals surface area contributed by atoms with Crippen molar-refractivity contribution in [3.8, 4) is 11.5 Å². The molecule has 0 aliphatic rings. The van der Waals surface area contributed by atoms with E-state index in [0.717, 1.165) is 5.56 Å². The molecule has 0 unspecified atom stereocenters. The van der Waals surface area contributed by atoms with Crippen LogP contribution >= 0.6 is 34.5 Å². The van der Waals surface area contributed by atoms with Gasteiger partial charge in [0.25, 0.3) is 5.91 Å². The number of hydrogen-bond donors (Lipinski definition) is 1. The van der Waals surface area contributed by atoms with Crippen LogP contribution in [-0.4, -0.2) is 18.7 Å². The van der Waals surface area contributed by atoms with Crippen LogP contribution in [0, 0.1) is 0 Å². The van der Waals surface area contributed by atoms with E-state index in [1.165, 1.54) is 17.6 Å². The predicted molar refractivity (Wildman–Crippen MR) is 118 cm³/mol. The average molecular weight is 449 g/mol. The number of hydrogen-bond acceptors (Lipinski definition) is 5. The number of amides is 1. The monoisotopic (exact) mass is 448 g/mol. The maximum atomic E-state index is 11.9. The highest BCUT2D eigenvalue weighted by Crippen LogP contribution is 2.37. The lowest BCUT2D eigenvalue weighted by atomic mass is 10.2. The molecule has 1 aromatic heterocycles. The fourth-order valence-electron chi connectivity index (χ4n) is 2.43. The SMILES string of the molecule is CCOc1cc(/C=N\NC(=O)c2cccs2)cc(Cl)c1OCc1ccc(Cl)cc1. The zero-order valence-corrected chi connectivity index (χ0v) is 17.9. The van der Waals surface area contributed by atoms with E-state index in [1.54, 1.807) is 36.4 Å². The molecular weight excluding hydrogens is 431 g/mol. The molecule has 0 atom stereocenters. The van der Waals surface area contributed by atoms with Gasteiger partial charge in [-0.25, -0.2) is 5.43 Å². The first kappa shape index (κ1) is 21.2. The second-order valence-corrected chi connectivity index (χ2v) is 7.65. The van der Waals surface area contributed by atoms with E-state index in [9.17, 15) is 4.79 Å². The number of carbonyl (C=O) groups excluding carboxylic acids is 1. The third-order valence-electron chi connectivity index (χ3n) is 3.75. The summed E-state index contributed by atoms with van der Waals surface area (Å²) in [4.78, 5) is 12.5. The maximum Gasteiger partial charge on any atom is 0.281 e. The lowest BCUT2D eigenvalue weighted by Crippen LogP contribution is -2.16. The van der Waals surface area contributed by atoms with Gasteiger partial charge in [0.2, 0.25) is 0 Å². The molecule has 1 N–H and O–H groups in total. The predicted octanol–water partition coefficient (Wildman–Crippen LogP) is 5.80. The van der Waals surface area contributed by atoms with Gasteiger partial charge in [-0.05, 0) is 53.8 Å². The number of thiophene rings is 1. The highest BCUT2D eigenvalue weighted by Gasteiger charge is 2.13. The van der Waals surface area contributed by atoms with Crippen molar-refractivity contribution in [2.45, 2.75) is 13.5 Å². The molecule has 1 heterocycles. The molecule has 2 aromatic carbocycles. The highest BCUT2D eigenvalue weighted by atomic mass is 35.5. The molecule has 0 fully saturated rings. The molecule has 0 saturated carbocycles. The Bertz CT molecular complexity index is 990. The molecule has 8 heteroatoms.